The first kappa shape index (κ1) is 12.3. The van der Waals surface area contributed by atoms with Crippen molar-refractivity contribution in [2.45, 2.75) is 19.4 Å². The average Bonchev–Trinajstić information content (AvgIpc) is 2.20. The molecule has 1 aromatic carbocycles. The van der Waals surface area contributed by atoms with E-state index >= 15 is 0 Å². The molecule has 0 bridgehead atoms. The van der Waals surface area contributed by atoms with Crippen molar-refractivity contribution in [3.05, 3.63) is 34.1 Å². The van der Waals surface area contributed by atoms with Crippen LogP contribution in [0.3, 0.4) is 0 Å². The summed E-state index contributed by atoms with van der Waals surface area (Å²) in [4.78, 5) is 9.47. The van der Waals surface area contributed by atoms with Crippen molar-refractivity contribution in [1.29, 1.82) is 0 Å². The normalized spacial score (nSPS) is 12.6. The zero-order chi connectivity index (χ0) is 12.3. The molecule has 1 atom stereocenters. The summed E-state index contributed by atoms with van der Waals surface area (Å²) >= 11 is 0. The van der Waals surface area contributed by atoms with Crippen molar-refractivity contribution in [3.63, 3.8) is 0 Å². The molecule has 1 aromatic rings. The molecule has 0 radical (unpaired) electrons. The van der Waals surface area contributed by atoms with Gasteiger partial charge in [-0.2, -0.15) is 4.39 Å². The first-order valence-electron chi connectivity index (χ1n) is 4.40. The van der Waals surface area contributed by atoms with Crippen LogP contribution in [-0.4, -0.2) is 17.4 Å². The number of nitro benzene ring substituents is 1. The Morgan fingerprint density at radius 1 is 1.44 bits per heavy atom. The number of nitrogens with zero attached hydrogens (tertiary/aromatic N) is 1. The number of halogens is 3. The number of nitro groups is 1. The molecule has 0 aromatic heterocycles. The van der Waals surface area contributed by atoms with Gasteiger partial charge in [-0.25, -0.2) is 8.78 Å². The van der Waals surface area contributed by atoms with Crippen molar-refractivity contribution >= 4 is 11.4 Å². The summed E-state index contributed by atoms with van der Waals surface area (Å²) in [7, 11) is 0. The van der Waals surface area contributed by atoms with Crippen molar-refractivity contribution in [3.8, 4) is 0 Å². The molecule has 16 heavy (non-hydrogen) atoms. The fourth-order valence-corrected chi connectivity index (χ4v) is 1.07. The number of hydrogen-bond acceptors (Lipinski definition) is 3. The van der Waals surface area contributed by atoms with E-state index in [4.69, 9.17) is 0 Å². The minimum Gasteiger partial charge on any atom is -0.377 e. The fraction of sp³-hybridized carbons (Fsp3) is 0.333. The lowest BCUT2D eigenvalue weighted by Crippen LogP contribution is -2.23. The molecule has 0 saturated carbocycles. The quantitative estimate of drug-likeness (QED) is 0.643. The van der Waals surface area contributed by atoms with Gasteiger partial charge in [0.05, 0.1) is 11.0 Å². The molecule has 0 saturated heterocycles. The Morgan fingerprint density at radius 3 is 2.56 bits per heavy atom. The van der Waals surface area contributed by atoms with E-state index in [1.54, 1.807) is 0 Å². The summed E-state index contributed by atoms with van der Waals surface area (Å²) in [6.45, 7) is 1.22. The molecule has 0 aliphatic heterocycles. The molecule has 1 N–H and O–H groups in total. The van der Waals surface area contributed by atoms with E-state index in [1.165, 1.54) is 13.0 Å². The van der Waals surface area contributed by atoms with E-state index in [1.807, 2.05) is 0 Å². The van der Waals surface area contributed by atoms with E-state index < -0.39 is 28.9 Å². The number of anilines is 1. The van der Waals surface area contributed by atoms with E-state index in [0.717, 1.165) is 12.1 Å². The highest BCUT2D eigenvalue weighted by Crippen LogP contribution is 2.22. The lowest BCUT2D eigenvalue weighted by atomic mass is 10.2. The van der Waals surface area contributed by atoms with Crippen LogP contribution in [0.25, 0.3) is 0 Å². The number of rotatable bonds is 4. The number of alkyl halides is 2. The summed E-state index contributed by atoms with van der Waals surface area (Å²) in [6.07, 6.45) is -2.61. The molecule has 1 unspecified atom stereocenters. The Balaban J connectivity index is 2.91. The van der Waals surface area contributed by atoms with Gasteiger partial charge in [-0.15, -0.1) is 0 Å². The summed E-state index contributed by atoms with van der Waals surface area (Å²) in [5, 5.41) is 12.7. The van der Waals surface area contributed by atoms with Crippen LogP contribution in [-0.2, 0) is 0 Å². The van der Waals surface area contributed by atoms with E-state index in [0.29, 0.717) is 0 Å². The molecule has 0 spiro atoms. The molecule has 88 valence electrons. The topological polar surface area (TPSA) is 55.2 Å². The summed E-state index contributed by atoms with van der Waals surface area (Å²) in [5.41, 5.74) is -0.660. The standard InChI is InChI=1S/C9H9F3N2O2/c1-5(9(11)12)13-6-2-3-7(10)8(4-6)14(15)16/h2-5,9,13H,1H3. The second kappa shape index (κ2) is 4.82. The maximum absolute atomic E-state index is 12.9. The molecule has 1 rings (SSSR count). The molecule has 0 fully saturated rings. The molecule has 0 aliphatic rings. The summed E-state index contributed by atoms with van der Waals surface area (Å²) in [5.74, 6) is -1.000. The minimum absolute atomic E-state index is 0.0842. The molecular formula is C9H9F3N2O2. The smallest absolute Gasteiger partial charge is 0.306 e. The van der Waals surface area contributed by atoms with Gasteiger partial charge in [0.15, 0.2) is 0 Å². The maximum Gasteiger partial charge on any atom is 0.306 e. The van der Waals surface area contributed by atoms with Gasteiger partial charge in [0.2, 0.25) is 5.82 Å². The Labute approximate surface area is 89.2 Å². The summed E-state index contributed by atoms with van der Waals surface area (Å²) in [6, 6.07) is 1.75. The Hall–Kier alpha value is -1.79. The first-order valence-corrected chi connectivity index (χ1v) is 4.40. The van der Waals surface area contributed by atoms with Crippen LogP contribution in [0.2, 0.25) is 0 Å². The highest BCUT2D eigenvalue weighted by molar-refractivity contribution is 5.52. The zero-order valence-electron chi connectivity index (χ0n) is 8.28. The molecule has 0 heterocycles. The number of nitrogens with one attached hydrogen (secondary N) is 1. The first-order chi connectivity index (χ1) is 7.41. The Bertz CT molecular complexity index is 398. The van der Waals surface area contributed by atoms with Crippen LogP contribution >= 0.6 is 0 Å². The van der Waals surface area contributed by atoms with Crippen molar-refractivity contribution in [2.75, 3.05) is 5.32 Å². The Morgan fingerprint density at radius 2 is 2.06 bits per heavy atom. The highest BCUT2D eigenvalue weighted by Gasteiger charge is 2.18. The predicted octanol–water partition coefficient (Wildman–Crippen LogP) is 2.80. The minimum atomic E-state index is -2.61. The van der Waals surface area contributed by atoms with Crippen LogP contribution < -0.4 is 5.32 Å². The summed E-state index contributed by atoms with van der Waals surface area (Å²) < 4.78 is 37.3. The zero-order valence-corrected chi connectivity index (χ0v) is 8.28. The van der Waals surface area contributed by atoms with Gasteiger partial charge in [-0.1, -0.05) is 0 Å². The average molecular weight is 234 g/mol. The second-order valence-electron chi connectivity index (χ2n) is 3.19. The van der Waals surface area contributed by atoms with Gasteiger partial charge >= 0.3 is 5.69 Å². The van der Waals surface area contributed by atoms with Gasteiger partial charge in [0.1, 0.15) is 0 Å². The number of benzene rings is 1. The predicted molar refractivity (Wildman–Crippen MR) is 52.1 cm³/mol. The van der Waals surface area contributed by atoms with Gasteiger partial charge in [0.25, 0.3) is 6.43 Å². The van der Waals surface area contributed by atoms with Gasteiger partial charge in [-0.05, 0) is 19.1 Å². The lowest BCUT2D eigenvalue weighted by molar-refractivity contribution is -0.387. The van der Waals surface area contributed by atoms with Crippen molar-refractivity contribution in [1.82, 2.24) is 0 Å². The second-order valence-corrected chi connectivity index (χ2v) is 3.19. The third-order valence-electron chi connectivity index (χ3n) is 1.92. The molecule has 4 nitrogen and oxygen atoms in total. The molecular weight excluding hydrogens is 225 g/mol. The van der Waals surface area contributed by atoms with Crippen LogP contribution in [0.15, 0.2) is 18.2 Å². The van der Waals surface area contributed by atoms with Gasteiger partial charge in [0, 0.05) is 11.8 Å². The lowest BCUT2D eigenvalue weighted by Gasteiger charge is -2.13. The maximum atomic E-state index is 12.9. The van der Waals surface area contributed by atoms with E-state index in [-0.39, 0.29) is 5.69 Å². The van der Waals surface area contributed by atoms with Crippen molar-refractivity contribution in [2.24, 2.45) is 0 Å². The van der Waals surface area contributed by atoms with Gasteiger partial charge in [-0.3, -0.25) is 10.1 Å². The van der Waals surface area contributed by atoms with E-state index in [9.17, 15) is 23.3 Å². The monoisotopic (exact) mass is 234 g/mol. The SMILES string of the molecule is CC(Nc1ccc(F)c([N+](=O)[O-])c1)C(F)F. The van der Waals surface area contributed by atoms with Crippen molar-refractivity contribution < 1.29 is 18.1 Å². The largest absolute Gasteiger partial charge is 0.377 e. The molecule has 0 aliphatic carbocycles. The Kier molecular flexibility index (Phi) is 3.70. The molecule has 0 amide bonds. The highest BCUT2D eigenvalue weighted by atomic mass is 19.3. The number of hydrogen-bond donors (Lipinski definition) is 1. The van der Waals surface area contributed by atoms with Crippen LogP contribution in [0, 0.1) is 15.9 Å². The third kappa shape index (κ3) is 2.85. The van der Waals surface area contributed by atoms with Gasteiger partial charge < -0.3 is 5.32 Å². The molecule has 7 heteroatoms. The van der Waals surface area contributed by atoms with Crippen LogP contribution in [0.4, 0.5) is 24.5 Å². The van der Waals surface area contributed by atoms with Crippen LogP contribution in [0.1, 0.15) is 6.92 Å². The van der Waals surface area contributed by atoms with E-state index in [2.05, 4.69) is 5.32 Å². The third-order valence-corrected chi connectivity index (χ3v) is 1.92. The van der Waals surface area contributed by atoms with Crippen LogP contribution in [0.5, 0.6) is 0 Å². The fourth-order valence-electron chi connectivity index (χ4n) is 1.07.